The zero-order valence-electron chi connectivity index (χ0n) is 15.4. The smallest absolute Gasteiger partial charge is 0.124 e. The number of nitrogens with one attached hydrogen (secondary N) is 1. The quantitative estimate of drug-likeness (QED) is 0.696. The summed E-state index contributed by atoms with van der Waals surface area (Å²) < 4.78 is 6.89. The van der Waals surface area contributed by atoms with Crippen molar-refractivity contribution in [3.8, 4) is 16.9 Å². The molecule has 1 N–H and O–H groups in total. The molecule has 3 nitrogen and oxygen atoms in total. The van der Waals surface area contributed by atoms with E-state index in [0.717, 1.165) is 18.1 Å². The Balaban J connectivity index is 1.37. The van der Waals surface area contributed by atoms with Gasteiger partial charge in [0.05, 0.1) is 0 Å². The fraction of sp³-hybridized carbons (Fsp3) is 0.417. The summed E-state index contributed by atoms with van der Waals surface area (Å²) in [5.41, 5.74) is 5.40. The number of hydrogen-bond acceptors (Lipinski definition) is 2. The van der Waals surface area contributed by atoms with Gasteiger partial charge in [-0.3, -0.25) is 0 Å². The fourth-order valence-corrected chi connectivity index (χ4v) is 6.84. The highest BCUT2D eigenvalue weighted by Crippen LogP contribution is 2.57. The zero-order valence-corrected chi connectivity index (χ0v) is 15.4. The Labute approximate surface area is 159 Å². The van der Waals surface area contributed by atoms with Crippen molar-refractivity contribution >= 4 is 10.9 Å². The maximum atomic E-state index is 6.89. The van der Waals surface area contributed by atoms with Gasteiger partial charge in [0.15, 0.2) is 0 Å². The van der Waals surface area contributed by atoms with E-state index in [1.54, 1.807) is 0 Å². The molecule has 5 heterocycles. The van der Waals surface area contributed by atoms with Crippen molar-refractivity contribution in [1.29, 1.82) is 0 Å². The third-order valence-corrected chi connectivity index (χ3v) is 7.86. The molecule has 3 aromatic rings. The Morgan fingerprint density at radius 1 is 0.926 bits per heavy atom. The van der Waals surface area contributed by atoms with Gasteiger partial charge in [0, 0.05) is 60.6 Å². The van der Waals surface area contributed by atoms with E-state index in [9.17, 15) is 0 Å². The number of H-pyrrole nitrogens is 1. The van der Waals surface area contributed by atoms with Crippen LogP contribution in [0.5, 0.6) is 5.75 Å². The second-order valence-electron chi connectivity index (χ2n) is 9.21. The fourth-order valence-electron chi connectivity index (χ4n) is 6.84. The van der Waals surface area contributed by atoms with Crippen LogP contribution in [0.25, 0.3) is 22.0 Å². The second-order valence-corrected chi connectivity index (χ2v) is 9.21. The molecule has 1 saturated carbocycles. The third kappa shape index (κ3) is 1.86. The van der Waals surface area contributed by atoms with Crippen molar-refractivity contribution in [1.82, 2.24) is 9.88 Å². The molecular formula is C24H24N2O. The summed E-state index contributed by atoms with van der Waals surface area (Å²) in [5, 5.41) is 1.31. The Morgan fingerprint density at radius 3 is 2.59 bits per heavy atom. The Hall–Kier alpha value is -2.26. The van der Waals surface area contributed by atoms with Crippen molar-refractivity contribution in [3.05, 3.63) is 54.2 Å². The minimum atomic E-state index is 0.0535. The highest BCUT2D eigenvalue weighted by atomic mass is 16.5. The van der Waals surface area contributed by atoms with E-state index in [-0.39, 0.29) is 5.60 Å². The first-order valence-electron chi connectivity index (χ1n) is 10.4. The third-order valence-electron chi connectivity index (χ3n) is 7.86. The molecule has 4 fully saturated rings. The Kier molecular flexibility index (Phi) is 2.71. The van der Waals surface area contributed by atoms with E-state index >= 15 is 0 Å². The SMILES string of the molecule is c1cc2c(c(-c3cccc4[nH]ccc34)c1)CC1(O2)C2CC3CC1CN(C3)C2. The van der Waals surface area contributed by atoms with Crippen molar-refractivity contribution in [3.63, 3.8) is 0 Å². The van der Waals surface area contributed by atoms with Crippen molar-refractivity contribution in [2.24, 2.45) is 17.8 Å². The molecular weight excluding hydrogens is 332 g/mol. The number of rotatable bonds is 1. The standard InChI is InChI=1S/C24H24N2O/c1-3-18(20-7-8-25-22(20)5-1)19-4-2-6-23-21(19)11-24(27-23)16-9-15-10-17(24)14-26(12-15)13-16/h1-8,15-17,25H,9-14H2. The van der Waals surface area contributed by atoms with Crippen LogP contribution in [0, 0.1) is 17.8 Å². The molecule has 0 amide bonds. The van der Waals surface area contributed by atoms with Gasteiger partial charge in [0.1, 0.15) is 11.4 Å². The summed E-state index contributed by atoms with van der Waals surface area (Å²) in [5.74, 6) is 3.45. The van der Waals surface area contributed by atoms with Crippen LogP contribution in [0.1, 0.15) is 18.4 Å². The van der Waals surface area contributed by atoms with E-state index in [4.69, 9.17) is 4.74 Å². The normalized spacial score (nSPS) is 35.7. The summed E-state index contributed by atoms with van der Waals surface area (Å²) in [6.07, 6.45) is 5.87. The number of hydrogen-bond donors (Lipinski definition) is 1. The molecule has 4 bridgehead atoms. The Bertz CT molecular complexity index is 1040. The topological polar surface area (TPSA) is 28.3 Å². The molecule has 3 saturated heterocycles. The van der Waals surface area contributed by atoms with Crippen LogP contribution in [0.2, 0.25) is 0 Å². The second kappa shape index (κ2) is 4.96. The first-order chi connectivity index (χ1) is 13.3. The number of fused-ring (bicyclic) bond motifs is 2. The van der Waals surface area contributed by atoms with Crippen molar-refractivity contribution in [2.45, 2.75) is 24.9 Å². The van der Waals surface area contributed by atoms with Gasteiger partial charge in [-0.25, -0.2) is 0 Å². The van der Waals surface area contributed by atoms with E-state index < -0.39 is 0 Å². The predicted molar refractivity (Wildman–Crippen MR) is 107 cm³/mol. The van der Waals surface area contributed by atoms with E-state index in [2.05, 4.69) is 52.3 Å². The van der Waals surface area contributed by atoms with Crippen LogP contribution < -0.4 is 4.74 Å². The highest BCUT2D eigenvalue weighted by molar-refractivity contribution is 5.96. The van der Waals surface area contributed by atoms with Gasteiger partial charge in [-0.05, 0) is 48.1 Å². The average Bonchev–Trinajstić information content (AvgIpc) is 3.30. The average molecular weight is 356 g/mol. The lowest BCUT2D eigenvalue weighted by molar-refractivity contribution is -0.158. The van der Waals surface area contributed by atoms with Crippen molar-refractivity contribution < 1.29 is 4.74 Å². The summed E-state index contributed by atoms with van der Waals surface area (Å²) in [4.78, 5) is 6.06. The molecule has 1 aromatic heterocycles. The summed E-state index contributed by atoms with van der Waals surface area (Å²) in [7, 11) is 0. The molecule has 3 heteroatoms. The molecule has 1 aliphatic carbocycles. The molecule has 4 aliphatic heterocycles. The van der Waals surface area contributed by atoms with Gasteiger partial charge >= 0.3 is 0 Å². The highest BCUT2D eigenvalue weighted by Gasteiger charge is 2.60. The zero-order chi connectivity index (χ0) is 17.6. The van der Waals surface area contributed by atoms with Crippen LogP contribution in [0.15, 0.2) is 48.7 Å². The van der Waals surface area contributed by atoms with E-state index in [0.29, 0.717) is 11.8 Å². The monoisotopic (exact) mass is 356 g/mol. The first-order valence-corrected chi connectivity index (χ1v) is 10.4. The minimum Gasteiger partial charge on any atom is -0.486 e. The largest absolute Gasteiger partial charge is 0.486 e. The van der Waals surface area contributed by atoms with Crippen LogP contribution in [-0.4, -0.2) is 35.1 Å². The predicted octanol–water partition coefficient (Wildman–Crippen LogP) is 4.48. The summed E-state index contributed by atoms with van der Waals surface area (Å²) in [6.45, 7) is 3.81. The van der Waals surface area contributed by atoms with Gasteiger partial charge in [-0.1, -0.05) is 24.3 Å². The molecule has 0 radical (unpaired) electrons. The molecule has 27 heavy (non-hydrogen) atoms. The van der Waals surface area contributed by atoms with Gasteiger partial charge in [0.25, 0.3) is 0 Å². The van der Waals surface area contributed by atoms with Gasteiger partial charge in [0.2, 0.25) is 0 Å². The molecule has 5 aliphatic rings. The molecule has 1 spiro atoms. The minimum absolute atomic E-state index is 0.0535. The van der Waals surface area contributed by atoms with Crippen LogP contribution in [-0.2, 0) is 6.42 Å². The summed E-state index contributed by atoms with van der Waals surface area (Å²) >= 11 is 0. The van der Waals surface area contributed by atoms with E-state index in [1.165, 1.54) is 60.1 Å². The van der Waals surface area contributed by atoms with E-state index in [1.807, 2.05) is 6.20 Å². The first kappa shape index (κ1) is 14.8. The van der Waals surface area contributed by atoms with Gasteiger partial charge < -0.3 is 14.6 Å². The maximum Gasteiger partial charge on any atom is 0.124 e. The van der Waals surface area contributed by atoms with Crippen molar-refractivity contribution in [2.75, 3.05) is 19.6 Å². The lowest BCUT2D eigenvalue weighted by atomic mass is 9.58. The number of nitrogens with zero attached hydrogens (tertiary/aromatic N) is 1. The number of benzene rings is 2. The lowest BCUT2D eigenvalue weighted by Crippen LogP contribution is -2.68. The summed E-state index contributed by atoms with van der Waals surface area (Å²) in [6, 6.07) is 15.5. The molecule has 136 valence electrons. The molecule has 8 rings (SSSR count). The molecule has 2 aromatic carbocycles. The molecule has 2 unspecified atom stereocenters. The van der Waals surface area contributed by atoms with Gasteiger partial charge in [-0.15, -0.1) is 0 Å². The number of ether oxygens (including phenoxy) is 1. The number of aromatic amines is 1. The van der Waals surface area contributed by atoms with Gasteiger partial charge in [-0.2, -0.15) is 0 Å². The number of aromatic nitrogens is 1. The van der Waals surface area contributed by atoms with Crippen LogP contribution in [0.4, 0.5) is 0 Å². The van der Waals surface area contributed by atoms with Crippen LogP contribution >= 0.6 is 0 Å². The Morgan fingerprint density at radius 2 is 1.74 bits per heavy atom. The lowest BCUT2D eigenvalue weighted by Gasteiger charge is -2.60. The number of piperidine rings is 3. The maximum absolute atomic E-state index is 6.89. The van der Waals surface area contributed by atoms with Crippen LogP contribution in [0.3, 0.4) is 0 Å². The molecule has 2 atom stereocenters.